The van der Waals surface area contributed by atoms with E-state index < -0.39 is 0 Å². The molecule has 0 heterocycles. The normalized spacial score (nSPS) is 57.9. The molecule has 4 aliphatic carbocycles. The number of rotatable bonds is 0. The molecule has 3 saturated carbocycles. The van der Waals surface area contributed by atoms with Crippen LogP contribution in [0.5, 0.6) is 0 Å². The molecule has 3 fully saturated rings. The van der Waals surface area contributed by atoms with Crippen molar-refractivity contribution < 1.29 is 5.11 Å². The van der Waals surface area contributed by atoms with Crippen molar-refractivity contribution in [1.29, 1.82) is 0 Å². The summed E-state index contributed by atoms with van der Waals surface area (Å²) >= 11 is 0. The highest BCUT2D eigenvalue weighted by Gasteiger charge is 2.56. The molecule has 0 aromatic rings. The van der Waals surface area contributed by atoms with Crippen LogP contribution in [0.25, 0.3) is 0 Å². The molecule has 0 saturated heterocycles. The smallest absolute Gasteiger partial charge is 0.0724 e. The van der Waals surface area contributed by atoms with E-state index in [1.807, 2.05) is 0 Å². The first kappa shape index (κ1) is 13.4. The topological polar surface area (TPSA) is 20.2 Å². The Morgan fingerprint density at radius 3 is 2.70 bits per heavy atom. The zero-order valence-electron chi connectivity index (χ0n) is 13.1. The molecule has 112 valence electrons. The lowest BCUT2D eigenvalue weighted by Gasteiger charge is -2.58. The van der Waals surface area contributed by atoms with E-state index in [4.69, 9.17) is 0 Å². The van der Waals surface area contributed by atoms with Gasteiger partial charge in [-0.1, -0.05) is 32.4 Å². The maximum absolute atomic E-state index is 9.96. The zero-order chi connectivity index (χ0) is 14.0. The molecule has 4 rings (SSSR count). The number of fused-ring (bicyclic) bond motifs is 5. The minimum Gasteiger partial charge on any atom is -0.389 e. The molecule has 0 unspecified atom stereocenters. The first-order valence-corrected chi connectivity index (χ1v) is 8.90. The van der Waals surface area contributed by atoms with E-state index in [-0.39, 0.29) is 6.10 Å². The number of aliphatic hydroxyl groups is 1. The van der Waals surface area contributed by atoms with Crippen molar-refractivity contribution in [2.45, 2.75) is 71.3 Å². The molecule has 1 N–H and O–H groups in total. The minimum absolute atomic E-state index is 0.176. The van der Waals surface area contributed by atoms with Crippen LogP contribution in [0.2, 0.25) is 0 Å². The fourth-order valence-electron chi connectivity index (χ4n) is 6.78. The standard InChI is InChI=1S/C19H30O/c1-18-9-3-4-16(18)15-6-5-13-12-14(20)7-11-19(13,2)17(15)8-10-18/h7,11,13-17,20H,3-6,8-10,12H2,1-2H3/t13-,14-,15-,16-,17-,18-,19-/m0/s1. The Balaban J connectivity index is 1.67. The average Bonchev–Trinajstić information content (AvgIpc) is 2.81. The van der Waals surface area contributed by atoms with Crippen molar-refractivity contribution in [1.82, 2.24) is 0 Å². The van der Waals surface area contributed by atoms with E-state index in [0.717, 1.165) is 30.1 Å². The SMILES string of the molecule is C[C@@]12CCC[C@H]1[C@@H]1CC[C@H]3C[C@@H](O)C=C[C@]3(C)[C@H]1CC2. The quantitative estimate of drug-likeness (QED) is 0.642. The molecule has 0 spiro atoms. The second-order valence-corrected chi connectivity index (χ2v) is 8.76. The van der Waals surface area contributed by atoms with Crippen LogP contribution in [0.3, 0.4) is 0 Å². The molecule has 0 bridgehead atoms. The zero-order valence-corrected chi connectivity index (χ0v) is 13.1. The lowest BCUT2D eigenvalue weighted by atomic mass is 9.46. The molecule has 0 aromatic heterocycles. The van der Waals surface area contributed by atoms with Crippen molar-refractivity contribution >= 4 is 0 Å². The number of hydrogen-bond donors (Lipinski definition) is 1. The van der Waals surface area contributed by atoms with Crippen LogP contribution in [-0.2, 0) is 0 Å². The summed E-state index contributed by atoms with van der Waals surface area (Å²) in [5.41, 5.74) is 1.05. The Bertz CT molecular complexity index is 427. The van der Waals surface area contributed by atoms with E-state index >= 15 is 0 Å². The summed E-state index contributed by atoms with van der Waals surface area (Å²) in [5, 5.41) is 9.96. The lowest BCUT2D eigenvalue weighted by Crippen LogP contribution is -2.51. The van der Waals surface area contributed by atoms with Crippen LogP contribution >= 0.6 is 0 Å². The van der Waals surface area contributed by atoms with E-state index in [1.54, 1.807) is 0 Å². The average molecular weight is 274 g/mol. The molecule has 0 aliphatic heterocycles. The van der Waals surface area contributed by atoms with Gasteiger partial charge in [0.2, 0.25) is 0 Å². The van der Waals surface area contributed by atoms with Gasteiger partial charge in [-0.3, -0.25) is 0 Å². The maximum Gasteiger partial charge on any atom is 0.0724 e. The molecular weight excluding hydrogens is 244 g/mol. The first-order valence-electron chi connectivity index (χ1n) is 8.90. The van der Waals surface area contributed by atoms with Gasteiger partial charge < -0.3 is 5.11 Å². The van der Waals surface area contributed by atoms with Crippen LogP contribution in [-0.4, -0.2) is 11.2 Å². The Kier molecular flexibility index (Phi) is 2.91. The summed E-state index contributed by atoms with van der Waals surface area (Å²) in [6, 6.07) is 0. The van der Waals surface area contributed by atoms with Crippen LogP contribution < -0.4 is 0 Å². The van der Waals surface area contributed by atoms with Gasteiger partial charge in [0, 0.05) is 0 Å². The Hall–Kier alpha value is -0.300. The van der Waals surface area contributed by atoms with E-state index in [9.17, 15) is 5.11 Å². The monoisotopic (exact) mass is 274 g/mol. The van der Waals surface area contributed by atoms with Gasteiger partial charge in [-0.15, -0.1) is 0 Å². The molecule has 1 nitrogen and oxygen atoms in total. The number of hydrogen-bond acceptors (Lipinski definition) is 1. The highest BCUT2D eigenvalue weighted by molar-refractivity contribution is 5.16. The maximum atomic E-state index is 9.96. The van der Waals surface area contributed by atoms with Gasteiger partial charge in [-0.2, -0.15) is 0 Å². The van der Waals surface area contributed by atoms with Gasteiger partial charge in [0.1, 0.15) is 0 Å². The van der Waals surface area contributed by atoms with Gasteiger partial charge in [0.15, 0.2) is 0 Å². The fraction of sp³-hybridized carbons (Fsp3) is 0.895. The van der Waals surface area contributed by atoms with Crippen molar-refractivity contribution in [3.05, 3.63) is 12.2 Å². The third-order valence-electron chi connectivity index (χ3n) is 7.95. The first-order chi connectivity index (χ1) is 9.53. The third kappa shape index (κ3) is 1.71. The van der Waals surface area contributed by atoms with Gasteiger partial charge in [-0.25, -0.2) is 0 Å². The highest BCUT2D eigenvalue weighted by Crippen LogP contribution is 2.65. The van der Waals surface area contributed by atoms with Crippen molar-refractivity contribution in [2.75, 3.05) is 0 Å². The molecule has 0 aromatic carbocycles. The van der Waals surface area contributed by atoms with Crippen LogP contribution in [0, 0.1) is 34.5 Å². The van der Waals surface area contributed by atoms with Gasteiger partial charge >= 0.3 is 0 Å². The van der Waals surface area contributed by atoms with Gasteiger partial charge in [-0.05, 0) is 79.4 Å². The molecular formula is C19H30O. The fourth-order valence-corrected chi connectivity index (χ4v) is 6.78. The van der Waals surface area contributed by atoms with Gasteiger partial charge in [0.25, 0.3) is 0 Å². The second kappa shape index (κ2) is 4.35. The summed E-state index contributed by atoms with van der Waals surface area (Å²) in [7, 11) is 0. The molecule has 7 atom stereocenters. The molecule has 0 radical (unpaired) electrons. The van der Waals surface area contributed by atoms with Crippen molar-refractivity contribution in [2.24, 2.45) is 34.5 Å². The molecule has 4 aliphatic rings. The van der Waals surface area contributed by atoms with Crippen molar-refractivity contribution in [3.8, 4) is 0 Å². The second-order valence-electron chi connectivity index (χ2n) is 8.76. The Morgan fingerprint density at radius 2 is 1.85 bits per heavy atom. The van der Waals surface area contributed by atoms with E-state index in [0.29, 0.717) is 10.8 Å². The summed E-state index contributed by atoms with van der Waals surface area (Å²) in [4.78, 5) is 0. The third-order valence-corrected chi connectivity index (χ3v) is 7.95. The van der Waals surface area contributed by atoms with Crippen LogP contribution in [0.4, 0.5) is 0 Å². The molecule has 20 heavy (non-hydrogen) atoms. The summed E-state index contributed by atoms with van der Waals surface area (Å²) in [5.74, 6) is 3.59. The van der Waals surface area contributed by atoms with Crippen LogP contribution in [0.15, 0.2) is 12.2 Å². The molecule has 0 amide bonds. The van der Waals surface area contributed by atoms with Gasteiger partial charge in [0.05, 0.1) is 6.10 Å². The van der Waals surface area contributed by atoms with Crippen molar-refractivity contribution in [3.63, 3.8) is 0 Å². The summed E-state index contributed by atoms with van der Waals surface area (Å²) < 4.78 is 0. The highest BCUT2D eigenvalue weighted by atomic mass is 16.3. The lowest BCUT2D eigenvalue weighted by molar-refractivity contribution is -0.0760. The van der Waals surface area contributed by atoms with Crippen LogP contribution in [0.1, 0.15) is 65.2 Å². The summed E-state index contributed by atoms with van der Waals surface area (Å²) in [6.07, 6.45) is 15.5. The Morgan fingerprint density at radius 1 is 1.00 bits per heavy atom. The minimum atomic E-state index is -0.176. The predicted molar refractivity (Wildman–Crippen MR) is 82.3 cm³/mol. The van der Waals surface area contributed by atoms with E-state index in [2.05, 4.69) is 26.0 Å². The Labute approximate surface area is 123 Å². The summed E-state index contributed by atoms with van der Waals surface area (Å²) in [6.45, 7) is 5.09. The number of aliphatic hydroxyl groups excluding tert-OH is 1. The largest absolute Gasteiger partial charge is 0.389 e. The predicted octanol–water partition coefficient (Wildman–Crippen LogP) is 4.56. The van der Waals surface area contributed by atoms with E-state index in [1.165, 1.54) is 44.9 Å². The molecule has 1 heteroatoms. The number of allylic oxidation sites excluding steroid dienone is 1.